The van der Waals surface area contributed by atoms with Gasteiger partial charge in [0.1, 0.15) is 6.33 Å². The molecule has 0 unspecified atom stereocenters. The summed E-state index contributed by atoms with van der Waals surface area (Å²) in [5, 5.41) is 3.12. The van der Waals surface area contributed by atoms with Gasteiger partial charge in [-0.1, -0.05) is 12.1 Å². The molecule has 2 aromatic rings. The normalized spacial score (nSPS) is 9.93. The third kappa shape index (κ3) is 2.24. The topological polar surface area (TPSA) is 63.8 Å². The molecule has 1 aromatic carbocycles. The Morgan fingerprint density at radius 2 is 2.07 bits per heavy atom. The number of anilines is 3. The number of hydrogen-bond acceptors (Lipinski definition) is 4. The highest BCUT2D eigenvalue weighted by atomic mass is 79.9. The largest absolute Gasteiger partial charge is 0.394 e. The summed E-state index contributed by atoms with van der Waals surface area (Å²) in [6.45, 7) is 0. The third-order valence-electron chi connectivity index (χ3n) is 1.87. The number of nitrogen functional groups attached to an aromatic ring is 1. The molecule has 1 heterocycles. The van der Waals surface area contributed by atoms with Gasteiger partial charge < -0.3 is 11.1 Å². The lowest BCUT2D eigenvalue weighted by Gasteiger charge is -2.08. The molecule has 1 aromatic heterocycles. The molecule has 5 heteroatoms. The van der Waals surface area contributed by atoms with Crippen molar-refractivity contribution in [3.63, 3.8) is 0 Å². The van der Waals surface area contributed by atoms with E-state index in [9.17, 15) is 0 Å². The van der Waals surface area contributed by atoms with Crippen LogP contribution in [0.3, 0.4) is 0 Å². The predicted molar refractivity (Wildman–Crippen MR) is 63.9 cm³/mol. The summed E-state index contributed by atoms with van der Waals surface area (Å²) in [7, 11) is 0. The predicted octanol–water partition coefficient (Wildman–Crippen LogP) is 2.56. The molecule has 0 bridgehead atoms. The van der Waals surface area contributed by atoms with Gasteiger partial charge in [0.25, 0.3) is 0 Å². The van der Waals surface area contributed by atoms with Crippen molar-refractivity contribution in [1.82, 2.24) is 9.97 Å². The molecule has 0 fully saturated rings. The van der Waals surface area contributed by atoms with Crippen LogP contribution in [0.2, 0.25) is 0 Å². The van der Waals surface area contributed by atoms with Crippen molar-refractivity contribution < 1.29 is 0 Å². The summed E-state index contributed by atoms with van der Waals surface area (Å²) in [5.41, 5.74) is 7.16. The summed E-state index contributed by atoms with van der Waals surface area (Å²) in [5.74, 6) is 0.608. The van der Waals surface area contributed by atoms with E-state index in [0.717, 1.165) is 10.2 Å². The number of rotatable bonds is 2. The van der Waals surface area contributed by atoms with Crippen molar-refractivity contribution in [1.29, 1.82) is 0 Å². The Kier molecular flexibility index (Phi) is 2.82. The van der Waals surface area contributed by atoms with Crippen LogP contribution in [0.1, 0.15) is 0 Å². The number of nitrogens with zero attached hydrogens (tertiary/aromatic N) is 2. The van der Waals surface area contributed by atoms with Gasteiger partial charge in [-0.05, 0) is 28.1 Å². The van der Waals surface area contributed by atoms with Crippen molar-refractivity contribution in [3.05, 3.63) is 41.3 Å². The van der Waals surface area contributed by atoms with E-state index in [1.807, 2.05) is 24.3 Å². The van der Waals surface area contributed by atoms with Crippen LogP contribution in [0, 0.1) is 0 Å². The fourth-order valence-electron chi connectivity index (χ4n) is 1.13. The van der Waals surface area contributed by atoms with Gasteiger partial charge in [0.2, 0.25) is 0 Å². The van der Waals surface area contributed by atoms with Crippen LogP contribution in [0.15, 0.2) is 41.3 Å². The minimum atomic E-state index is 0.522. The van der Waals surface area contributed by atoms with E-state index >= 15 is 0 Å². The first-order valence-corrected chi connectivity index (χ1v) is 5.13. The highest BCUT2D eigenvalue weighted by molar-refractivity contribution is 9.10. The molecule has 76 valence electrons. The number of nitrogens with one attached hydrogen (secondary N) is 1. The SMILES string of the molecule is Nc1cncnc1Nc1ccccc1Br. The Morgan fingerprint density at radius 3 is 2.80 bits per heavy atom. The highest BCUT2D eigenvalue weighted by Gasteiger charge is 2.02. The van der Waals surface area contributed by atoms with Gasteiger partial charge in [0, 0.05) is 4.47 Å². The van der Waals surface area contributed by atoms with Crippen LogP contribution in [0.25, 0.3) is 0 Å². The minimum absolute atomic E-state index is 0.522. The van der Waals surface area contributed by atoms with E-state index in [2.05, 4.69) is 31.2 Å². The molecular formula is C10H9BrN4. The molecule has 0 radical (unpaired) electrons. The second kappa shape index (κ2) is 4.27. The van der Waals surface area contributed by atoms with Crippen molar-refractivity contribution in [2.45, 2.75) is 0 Å². The monoisotopic (exact) mass is 264 g/mol. The quantitative estimate of drug-likeness (QED) is 0.875. The Balaban J connectivity index is 2.30. The van der Waals surface area contributed by atoms with Gasteiger partial charge >= 0.3 is 0 Å². The van der Waals surface area contributed by atoms with E-state index in [0.29, 0.717) is 11.5 Å². The van der Waals surface area contributed by atoms with Gasteiger partial charge in [-0.2, -0.15) is 0 Å². The zero-order chi connectivity index (χ0) is 10.7. The Bertz CT molecular complexity index is 429. The van der Waals surface area contributed by atoms with Crippen molar-refractivity contribution in [2.24, 2.45) is 0 Å². The van der Waals surface area contributed by atoms with Gasteiger partial charge in [-0.3, -0.25) is 0 Å². The van der Waals surface area contributed by atoms with E-state index < -0.39 is 0 Å². The molecule has 0 saturated heterocycles. The maximum atomic E-state index is 5.72. The average Bonchev–Trinajstić information content (AvgIpc) is 2.24. The first-order valence-electron chi connectivity index (χ1n) is 4.34. The molecule has 0 aliphatic heterocycles. The summed E-state index contributed by atoms with van der Waals surface area (Å²) < 4.78 is 0.961. The zero-order valence-electron chi connectivity index (χ0n) is 7.81. The molecule has 0 atom stereocenters. The van der Waals surface area contributed by atoms with Crippen molar-refractivity contribution in [2.75, 3.05) is 11.1 Å². The van der Waals surface area contributed by atoms with E-state index in [-0.39, 0.29) is 0 Å². The van der Waals surface area contributed by atoms with E-state index in [1.165, 1.54) is 6.33 Å². The lowest BCUT2D eigenvalue weighted by Crippen LogP contribution is -1.99. The first-order chi connectivity index (χ1) is 7.27. The Hall–Kier alpha value is -1.62. The molecule has 3 N–H and O–H groups in total. The maximum Gasteiger partial charge on any atom is 0.157 e. The van der Waals surface area contributed by atoms with Crippen molar-refractivity contribution >= 4 is 33.1 Å². The number of halogens is 1. The lowest BCUT2D eigenvalue weighted by molar-refractivity contribution is 1.17. The van der Waals surface area contributed by atoms with Crippen LogP contribution in [-0.2, 0) is 0 Å². The zero-order valence-corrected chi connectivity index (χ0v) is 9.40. The highest BCUT2D eigenvalue weighted by Crippen LogP contribution is 2.26. The summed E-state index contributed by atoms with van der Waals surface area (Å²) >= 11 is 3.43. The van der Waals surface area contributed by atoms with Gasteiger partial charge in [-0.25, -0.2) is 9.97 Å². The van der Waals surface area contributed by atoms with Gasteiger partial charge in [-0.15, -0.1) is 0 Å². The number of aromatic nitrogens is 2. The summed E-state index contributed by atoms with van der Waals surface area (Å²) in [6.07, 6.45) is 3.02. The molecule has 4 nitrogen and oxygen atoms in total. The first kappa shape index (κ1) is 9.92. The standard InChI is InChI=1S/C10H9BrN4/c11-7-3-1-2-4-9(7)15-10-8(12)5-13-6-14-10/h1-6H,12H2,(H,13,14,15). The summed E-state index contributed by atoms with van der Waals surface area (Å²) in [4.78, 5) is 7.87. The molecule has 0 saturated carbocycles. The van der Waals surface area contributed by atoms with E-state index in [4.69, 9.17) is 5.73 Å². The molecule has 0 aliphatic rings. The smallest absolute Gasteiger partial charge is 0.157 e. The molecular weight excluding hydrogens is 256 g/mol. The van der Waals surface area contributed by atoms with Crippen LogP contribution in [-0.4, -0.2) is 9.97 Å². The molecule has 15 heavy (non-hydrogen) atoms. The number of hydrogen-bond donors (Lipinski definition) is 2. The van der Waals surface area contributed by atoms with Crippen LogP contribution in [0.4, 0.5) is 17.2 Å². The average molecular weight is 265 g/mol. The summed E-state index contributed by atoms with van der Waals surface area (Å²) in [6, 6.07) is 7.76. The van der Waals surface area contributed by atoms with Crippen LogP contribution in [0.5, 0.6) is 0 Å². The fraction of sp³-hybridized carbons (Fsp3) is 0. The van der Waals surface area contributed by atoms with E-state index in [1.54, 1.807) is 6.20 Å². The van der Waals surface area contributed by atoms with Gasteiger partial charge in [0.05, 0.1) is 17.6 Å². The minimum Gasteiger partial charge on any atom is -0.394 e. The molecule has 0 amide bonds. The second-order valence-electron chi connectivity index (χ2n) is 2.93. The number of para-hydroxylation sites is 1. The van der Waals surface area contributed by atoms with Crippen molar-refractivity contribution in [3.8, 4) is 0 Å². The maximum absolute atomic E-state index is 5.72. The van der Waals surface area contributed by atoms with Crippen LogP contribution < -0.4 is 11.1 Å². The Morgan fingerprint density at radius 1 is 1.27 bits per heavy atom. The molecule has 2 rings (SSSR count). The number of benzene rings is 1. The van der Waals surface area contributed by atoms with Gasteiger partial charge in [0.15, 0.2) is 5.82 Å². The second-order valence-corrected chi connectivity index (χ2v) is 3.79. The fourth-order valence-corrected chi connectivity index (χ4v) is 1.52. The Labute approximate surface area is 95.7 Å². The molecule has 0 spiro atoms. The molecule has 0 aliphatic carbocycles. The van der Waals surface area contributed by atoms with Crippen LogP contribution >= 0.6 is 15.9 Å². The number of nitrogens with two attached hydrogens (primary N) is 1. The lowest BCUT2D eigenvalue weighted by atomic mass is 10.3. The third-order valence-corrected chi connectivity index (χ3v) is 2.56.